The van der Waals surface area contributed by atoms with Gasteiger partial charge in [0.2, 0.25) is 10.0 Å². The average Bonchev–Trinajstić information content (AvgIpc) is 2.39. The molecule has 5 nitrogen and oxygen atoms in total. The third-order valence-corrected chi connectivity index (χ3v) is 5.62. The number of halogens is 1. The first-order chi connectivity index (χ1) is 9.72. The van der Waals surface area contributed by atoms with Crippen LogP contribution in [-0.2, 0) is 10.0 Å². The molecule has 1 saturated carbocycles. The molecule has 2 unspecified atom stereocenters. The highest BCUT2D eigenvalue weighted by atomic mass is 35.5. The Labute approximate surface area is 130 Å². The lowest BCUT2D eigenvalue weighted by molar-refractivity contribution is -0.00751. The second kappa shape index (κ2) is 6.12. The van der Waals surface area contributed by atoms with Crippen LogP contribution in [0.25, 0.3) is 0 Å². The summed E-state index contributed by atoms with van der Waals surface area (Å²) in [5.74, 6) is 0.393. The van der Waals surface area contributed by atoms with Gasteiger partial charge in [0, 0.05) is 11.6 Å². The van der Waals surface area contributed by atoms with Gasteiger partial charge in [-0.25, -0.2) is 13.1 Å². The lowest BCUT2D eigenvalue weighted by Gasteiger charge is -2.35. The molecule has 0 heterocycles. The molecule has 2 atom stereocenters. The van der Waals surface area contributed by atoms with Gasteiger partial charge in [0.1, 0.15) is 4.90 Å². The van der Waals surface area contributed by atoms with Crippen molar-refractivity contribution < 1.29 is 13.5 Å². The number of hydrogen-bond donors (Lipinski definition) is 3. The van der Waals surface area contributed by atoms with E-state index in [1.54, 1.807) is 0 Å². The van der Waals surface area contributed by atoms with E-state index in [0.29, 0.717) is 23.8 Å². The number of nitrogens with one attached hydrogen (secondary N) is 1. The Kier molecular flexibility index (Phi) is 4.82. The molecule has 0 saturated heterocycles. The van der Waals surface area contributed by atoms with Gasteiger partial charge in [0.05, 0.1) is 11.3 Å². The van der Waals surface area contributed by atoms with E-state index in [1.807, 2.05) is 0 Å². The maximum Gasteiger partial charge on any atom is 0.242 e. The number of anilines is 1. The minimum Gasteiger partial charge on any atom is -0.398 e. The molecule has 0 bridgehead atoms. The van der Waals surface area contributed by atoms with Crippen LogP contribution in [-0.4, -0.2) is 25.7 Å². The van der Waals surface area contributed by atoms with E-state index in [0.717, 1.165) is 12.8 Å². The van der Waals surface area contributed by atoms with Crippen LogP contribution in [0, 0.1) is 5.92 Å². The van der Waals surface area contributed by atoms with Gasteiger partial charge in [-0.15, -0.1) is 0 Å². The highest BCUT2D eigenvalue weighted by Crippen LogP contribution is 2.32. The van der Waals surface area contributed by atoms with E-state index in [4.69, 9.17) is 17.3 Å². The molecule has 118 valence electrons. The zero-order chi connectivity index (χ0) is 15.7. The number of hydrogen-bond acceptors (Lipinski definition) is 4. The van der Waals surface area contributed by atoms with Crippen LogP contribution in [0.2, 0.25) is 5.02 Å². The molecular weight excluding hydrogens is 312 g/mol. The lowest BCUT2D eigenvalue weighted by atomic mass is 9.79. The van der Waals surface area contributed by atoms with Crippen LogP contribution in [0.4, 0.5) is 5.69 Å². The van der Waals surface area contributed by atoms with Crippen molar-refractivity contribution in [2.45, 2.75) is 43.1 Å². The Hall–Kier alpha value is -0.820. The monoisotopic (exact) mass is 332 g/mol. The third kappa shape index (κ3) is 4.10. The van der Waals surface area contributed by atoms with Crippen LogP contribution >= 0.6 is 11.6 Å². The Morgan fingerprint density at radius 1 is 1.52 bits per heavy atom. The van der Waals surface area contributed by atoms with Crippen molar-refractivity contribution in [1.82, 2.24) is 4.72 Å². The fourth-order valence-corrected chi connectivity index (χ4v) is 4.35. The highest BCUT2D eigenvalue weighted by Gasteiger charge is 2.34. The minimum absolute atomic E-state index is 0.00831. The van der Waals surface area contributed by atoms with E-state index in [-0.39, 0.29) is 17.1 Å². The van der Waals surface area contributed by atoms with Crippen molar-refractivity contribution in [3.63, 3.8) is 0 Å². The number of nitrogens with two attached hydrogens (primary N) is 1. The van der Waals surface area contributed by atoms with Crippen molar-refractivity contribution in [2.24, 2.45) is 5.92 Å². The number of rotatable bonds is 4. The Morgan fingerprint density at radius 2 is 2.24 bits per heavy atom. The Bertz CT molecular complexity index is 621. The number of sulfonamides is 1. The maximum absolute atomic E-state index is 12.3. The molecular formula is C14H21ClN2O3S. The summed E-state index contributed by atoms with van der Waals surface area (Å²) in [5.41, 5.74) is 4.85. The van der Waals surface area contributed by atoms with Crippen LogP contribution in [0.1, 0.15) is 32.6 Å². The van der Waals surface area contributed by atoms with Crippen molar-refractivity contribution in [3.8, 4) is 0 Å². The normalized spacial score (nSPS) is 26.7. The lowest BCUT2D eigenvalue weighted by Crippen LogP contribution is -2.45. The van der Waals surface area contributed by atoms with Crippen LogP contribution in [0.5, 0.6) is 0 Å². The van der Waals surface area contributed by atoms with E-state index in [2.05, 4.69) is 11.6 Å². The molecule has 1 aliphatic rings. The SMILES string of the molecule is CC1CCCC(O)(CNS(=O)(=O)c2cc(Cl)ccc2N)C1. The first-order valence-electron chi connectivity index (χ1n) is 6.99. The number of benzene rings is 1. The number of nitrogen functional groups attached to an aromatic ring is 1. The van der Waals surface area contributed by atoms with Crippen molar-refractivity contribution >= 4 is 27.3 Å². The highest BCUT2D eigenvalue weighted by molar-refractivity contribution is 7.89. The van der Waals surface area contributed by atoms with Gasteiger partial charge in [-0.3, -0.25) is 0 Å². The largest absolute Gasteiger partial charge is 0.398 e. The van der Waals surface area contributed by atoms with Crippen molar-refractivity contribution in [1.29, 1.82) is 0 Å². The quantitative estimate of drug-likeness (QED) is 0.736. The van der Waals surface area contributed by atoms with Crippen LogP contribution in [0.15, 0.2) is 23.1 Å². The van der Waals surface area contributed by atoms with E-state index < -0.39 is 15.6 Å². The predicted octanol–water partition coefficient (Wildman–Crippen LogP) is 2.14. The molecule has 21 heavy (non-hydrogen) atoms. The van der Waals surface area contributed by atoms with E-state index in [9.17, 15) is 13.5 Å². The van der Waals surface area contributed by atoms with Gasteiger partial charge in [-0.2, -0.15) is 0 Å². The smallest absolute Gasteiger partial charge is 0.242 e. The minimum atomic E-state index is -3.79. The maximum atomic E-state index is 12.3. The second-order valence-electron chi connectivity index (χ2n) is 5.93. The van der Waals surface area contributed by atoms with Crippen molar-refractivity contribution in [3.05, 3.63) is 23.2 Å². The van der Waals surface area contributed by atoms with Gasteiger partial charge >= 0.3 is 0 Å². The Balaban J connectivity index is 2.13. The molecule has 1 fully saturated rings. The molecule has 0 spiro atoms. The standard InChI is InChI=1S/C14H21ClN2O3S/c1-10-3-2-6-14(18,8-10)9-17-21(19,20)13-7-11(15)4-5-12(13)16/h4-5,7,10,17-18H,2-3,6,8-9,16H2,1H3. The van der Waals surface area contributed by atoms with Gasteiger partial charge in [-0.05, 0) is 37.0 Å². The fraction of sp³-hybridized carbons (Fsp3) is 0.571. The summed E-state index contributed by atoms with van der Waals surface area (Å²) in [4.78, 5) is -0.0533. The molecule has 0 aliphatic heterocycles. The van der Waals surface area contributed by atoms with E-state index in [1.165, 1.54) is 18.2 Å². The molecule has 0 aromatic heterocycles. The summed E-state index contributed by atoms with van der Waals surface area (Å²) in [6.45, 7) is 2.05. The summed E-state index contributed by atoms with van der Waals surface area (Å²) in [7, 11) is -3.79. The first-order valence-corrected chi connectivity index (χ1v) is 8.85. The summed E-state index contributed by atoms with van der Waals surface area (Å²) < 4.78 is 27.1. The summed E-state index contributed by atoms with van der Waals surface area (Å²) >= 11 is 5.82. The van der Waals surface area contributed by atoms with E-state index >= 15 is 0 Å². The van der Waals surface area contributed by atoms with Gasteiger partial charge in [0.25, 0.3) is 0 Å². The summed E-state index contributed by atoms with van der Waals surface area (Å²) in [6, 6.07) is 4.30. The fourth-order valence-electron chi connectivity index (χ4n) is 2.84. The molecule has 1 aromatic carbocycles. The summed E-state index contributed by atoms with van der Waals surface area (Å²) in [6.07, 6.45) is 3.17. The first kappa shape index (κ1) is 16.5. The average molecular weight is 333 g/mol. The number of aliphatic hydroxyl groups is 1. The molecule has 4 N–H and O–H groups in total. The van der Waals surface area contributed by atoms with Crippen LogP contribution in [0.3, 0.4) is 0 Å². The van der Waals surface area contributed by atoms with Crippen LogP contribution < -0.4 is 10.5 Å². The van der Waals surface area contributed by atoms with Gasteiger partial charge in [-0.1, -0.05) is 31.4 Å². The zero-order valence-corrected chi connectivity index (χ0v) is 13.5. The molecule has 1 aliphatic carbocycles. The van der Waals surface area contributed by atoms with Gasteiger partial charge < -0.3 is 10.8 Å². The topological polar surface area (TPSA) is 92.4 Å². The zero-order valence-electron chi connectivity index (χ0n) is 12.0. The van der Waals surface area contributed by atoms with Crippen molar-refractivity contribution in [2.75, 3.05) is 12.3 Å². The third-order valence-electron chi connectivity index (χ3n) is 3.92. The summed E-state index contributed by atoms with van der Waals surface area (Å²) in [5, 5.41) is 10.8. The molecule has 1 aromatic rings. The molecule has 2 rings (SSSR count). The van der Waals surface area contributed by atoms with Gasteiger partial charge in [0.15, 0.2) is 0 Å². The molecule has 7 heteroatoms. The Morgan fingerprint density at radius 3 is 2.90 bits per heavy atom. The molecule has 0 amide bonds. The predicted molar refractivity (Wildman–Crippen MR) is 83.6 cm³/mol. The second-order valence-corrected chi connectivity index (χ2v) is 8.10. The molecule has 0 radical (unpaired) electrons.